The van der Waals surface area contributed by atoms with Crippen LogP contribution in [0.3, 0.4) is 0 Å². The standard InChI is InChI=1S/C13H14BrN3O2/c1-13(2,3)10(18)6-11-16-12(17-19-11)9-5-4-8(14)7-15-9/h4-5,7H,6H2,1-3H3. The van der Waals surface area contributed by atoms with Gasteiger partial charge in [0.1, 0.15) is 11.5 Å². The highest BCUT2D eigenvalue weighted by molar-refractivity contribution is 9.10. The number of pyridine rings is 1. The van der Waals surface area contributed by atoms with Crippen LogP contribution in [0.25, 0.3) is 11.5 Å². The van der Waals surface area contributed by atoms with E-state index in [1.165, 1.54) is 0 Å². The number of nitrogens with zero attached hydrogens (tertiary/aromatic N) is 3. The number of aromatic nitrogens is 3. The number of hydrogen-bond acceptors (Lipinski definition) is 5. The van der Waals surface area contributed by atoms with E-state index >= 15 is 0 Å². The second-order valence-electron chi connectivity index (χ2n) is 5.22. The average Bonchev–Trinajstić information content (AvgIpc) is 2.77. The molecule has 0 radical (unpaired) electrons. The van der Waals surface area contributed by atoms with E-state index in [1.807, 2.05) is 26.8 Å². The Labute approximate surface area is 119 Å². The predicted octanol–water partition coefficient (Wildman–Crippen LogP) is 3.05. The molecule has 0 saturated carbocycles. The predicted molar refractivity (Wildman–Crippen MR) is 73.4 cm³/mol. The van der Waals surface area contributed by atoms with E-state index in [0.29, 0.717) is 17.4 Å². The lowest BCUT2D eigenvalue weighted by Gasteiger charge is -2.14. The second-order valence-corrected chi connectivity index (χ2v) is 6.14. The molecular weight excluding hydrogens is 310 g/mol. The minimum atomic E-state index is -0.412. The highest BCUT2D eigenvalue weighted by Crippen LogP contribution is 2.19. The van der Waals surface area contributed by atoms with Crippen molar-refractivity contribution in [2.24, 2.45) is 5.41 Å². The van der Waals surface area contributed by atoms with Crippen LogP contribution in [0.5, 0.6) is 0 Å². The van der Waals surface area contributed by atoms with Crippen molar-refractivity contribution in [1.82, 2.24) is 15.1 Å². The van der Waals surface area contributed by atoms with Crippen molar-refractivity contribution < 1.29 is 9.32 Å². The molecule has 100 valence electrons. The molecule has 0 fully saturated rings. The number of carbonyl (C=O) groups is 1. The van der Waals surface area contributed by atoms with Crippen LogP contribution in [0.15, 0.2) is 27.3 Å². The average molecular weight is 324 g/mol. The van der Waals surface area contributed by atoms with Crippen LogP contribution in [-0.2, 0) is 11.2 Å². The van der Waals surface area contributed by atoms with Gasteiger partial charge < -0.3 is 4.52 Å². The van der Waals surface area contributed by atoms with Crippen molar-refractivity contribution in [3.05, 3.63) is 28.7 Å². The van der Waals surface area contributed by atoms with Crippen molar-refractivity contribution in [2.75, 3.05) is 0 Å². The lowest BCUT2D eigenvalue weighted by Crippen LogP contribution is -2.22. The Kier molecular flexibility index (Phi) is 3.80. The zero-order valence-electron chi connectivity index (χ0n) is 11.0. The number of ketones is 1. The first-order valence-electron chi connectivity index (χ1n) is 5.84. The highest BCUT2D eigenvalue weighted by Gasteiger charge is 2.24. The molecular formula is C13H14BrN3O2. The molecule has 0 atom stereocenters. The minimum absolute atomic E-state index is 0.0615. The third-order valence-electron chi connectivity index (χ3n) is 2.57. The number of halogens is 1. The zero-order valence-corrected chi connectivity index (χ0v) is 12.6. The van der Waals surface area contributed by atoms with Gasteiger partial charge in [-0.25, -0.2) is 0 Å². The molecule has 0 bridgehead atoms. The molecule has 2 rings (SSSR count). The fourth-order valence-electron chi connectivity index (χ4n) is 1.34. The number of hydrogen-bond donors (Lipinski definition) is 0. The van der Waals surface area contributed by atoms with Gasteiger partial charge in [0.25, 0.3) is 0 Å². The van der Waals surface area contributed by atoms with Gasteiger partial charge in [-0.1, -0.05) is 25.9 Å². The Morgan fingerprint density at radius 2 is 2.11 bits per heavy atom. The van der Waals surface area contributed by atoms with Crippen molar-refractivity contribution in [2.45, 2.75) is 27.2 Å². The molecule has 2 aromatic heterocycles. The Hall–Kier alpha value is -1.56. The molecule has 5 nitrogen and oxygen atoms in total. The van der Waals surface area contributed by atoms with Crippen LogP contribution in [0.4, 0.5) is 0 Å². The van der Waals surface area contributed by atoms with Crippen LogP contribution in [0, 0.1) is 5.41 Å². The van der Waals surface area contributed by atoms with E-state index < -0.39 is 5.41 Å². The van der Waals surface area contributed by atoms with Crippen LogP contribution in [0.1, 0.15) is 26.7 Å². The van der Waals surface area contributed by atoms with E-state index in [9.17, 15) is 4.79 Å². The molecule has 6 heteroatoms. The summed E-state index contributed by atoms with van der Waals surface area (Å²) in [5.41, 5.74) is 0.200. The summed E-state index contributed by atoms with van der Waals surface area (Å²) in [7, 11) is 0. The fourth-order valence-corrected chi connectivity index (χ4v) is 1.58. The highest BCUT2D eigenvalue weighted by atomic mass is 79.9. The molecule has 0 unspecified atom stereocenters. The minimum Gasteiger partial charge on any atom is -0.338 e. The van der Waals surface area contributed by atoms with Gasteiger partial charge in [0.15, 0.2) is 0 Å². The molecule has 0 aliphatic carbocycles. The van der Waals surface area contributed by atoms with E-state index in [4.69, 9.17) is 4.52 Å². The van der Waals surface area contributed by atoms with Crippen molar-refractivity contribution in [3.8, 4) is 11.5 Å². The van der Waals surface area contributed by atoms with Crippen molar-refractivity contribution in [3.63, 3.8) is 0 Å². The SMILES string of the molecule is CC(C)(C)C(=O)Cc1nc(-c2ccc(Br)cn2)no1. The Morgan fingerprint density at radius 1 is 1.37 bits per heavy atom. The van der Waals surface area contributed by atoms with Crippen LogP contribution < -0.4 is 0 Å². The number of rotatable bonds is 3. The summed E-state index contributed by atoms with van der Waals surface area (Å²) in [6.07, 6.45) is 1.80. The van der Waals surface area contributed by atoms with E-state index in [-0.39, 0.29) is 12.2 Å². The van der Waals surface area contributed by atoms with Crippen molar-refractivity contribution in [1.29, 1.82) is 0 Å². The van der Waals surface area contributed by atoms with Crippen LogP contribution in [-0.4, -0.2) is 20.9 Å². The Balaban J connectivity index is 2.16. The Bertz CT molecular complexity index is 585. The lowest BCUT2D eigenvalue weighted by atomic mass is 9.89. The van der Waals surface area contributed by atoms with E-state index in [0.717, 1.165) is 4.47 Å². The summed E-state index contributed by atoms with van der Waals surface area (Å²) < 4.78 is 5.96. The molecule has 0 saturated heterocycles. The summed E-state index contributed by atoms with van der Waals surface area (Å²) in [4.78, 5) is 20.2. The number of Topliss-reactive ketones (excluding diaryl/α,β-unsaturated/α-hetero) is 1. The molecule has 0 aliphatic rings. The van der Waals surface area contributed by atoms with Crippen molar-refractivity contribution >= 4 is 21.7 Å². The third-order valence-corrected chi connectivity index (χ3v) is 3.04. The van der Waals surface area contributed by atoms with Gasteiger partial charge in [0, 0.05) is 16.1 Å². The molecule has 2 heterocycles. The summed E-state index contributed by atoms with van der Waals surface area (Å²) in [5.74, 6) is 0.773. The van der Waals surface area contributed by atoms with Gasteiger partial charge >= 0.3 is 0 Å². The van der Waals surface area contributed by atoms with Gasteiger partial charge in [0.2, 0.25) is 11.7 Å². The van der Waals surface area contributed by atoms with Gasteiger partial charge in [0.05, 0.1) is 6.42 Å². The maximum atomic E-state index is 11.9. The monoisotopic (exact) mass is 323 g/mol. The van der Waals surface area contributed by atoms with Gasteiger partial charge in [-0.05, 0) is 28.1 Å². The fraction of sp³-hybridized carbons (Fsp3) is 0.385. The normalized spacial score (nSPS) is 11.6. The maximum absolute atomic E-state index is 11.9. The summed E-state index contributed by atoms with van der Waals surface area (Å²) >= 11 is 3.31. The van der Waals surface area contributed by atoms with Gasteiger partial charge in [-0.3, -0.25) is 9.78 Å². The third kappa shape index (κ3) is 3.47. The first kappa shape index (κ1) is 13.9. The quantitative estimate of drug-likeness (QED) is 0.868. The first-order valence-corrected chi connectivity index (χ1v) is 6.63. The molecule has 0 amide bonds. The summed E-state index contributed by atoms with van der Waals surface area (Å²) in [5, 5.41) is 3.84. The smallest absolute Gasteiger partial charge is 0.234 e. The summed E-state index contributed by atoms with van der Waals surface area (Å²) in [6.45, 7) is 5.59. The topological polar surface area (TPSA) is 68.9 Å². The van der Waals surface area contributed by atoms with Gasteiger partial charge in [-0.2, -0.15) is 4.98 Å². The maximum Gasteiger partial charge on any atom is 0.234 e. The molecule has 0 aliphatic heterocycles. The lowest BCUT2D eigenvalue weighted by molar-refractivity contribution is -0.125. The molecule has 2 aromatic rings. The van der Waals surface area contributed by atoms with E-state index in [2.05, 4.69) is 31.1 Å². The largest absolute Gasteiger partial charge is 0.338 e. The zero-order chi connectivity index (χ0) is 14.0. The molecule has 0 aromatic carbocycles. The van der Waals surface area contributed by atoms with E-state index in [1.54, 1.807) is 12.3 Å². The van der Waals surface area contributed by atoms with Gasteiger partial charge in [-0.15, -0.1) is 0 Å². The molecule has 19 heavy (non-hydrogen) atoms. The number of carbonyl (C=O) groups excluding carboxylic acids is 1. The Morgan fingerprint density at radius 3 is 2.68 bits per heavy atom. The summed E-state index contributed by atoms with van der Waals surface area (Å²) in [6, 6.07) is 3.63. The van der Waals surface area contributed by atoms with Crippen LogP contribution in [0.2, 0.25) is 0 Å². The molecule has 0 N–H and O–H groups in total. The van der Waals surface area contributed by atoms with Crippen LogP contribution >= 0.6 is 15.9 Å². The first-order chi connectivity index (χ1) is 8.86. The molecule has 0 spiro atoms. The second kappa shape index (κ2) is 5.21.